The SMILES string of the molecule is CC.COc1c(F)cc(F)c2nc(Cl)nc(N3CCCN=C(/C=C(/C)N)C3)c12. The van der Waals surface area contributed by atoms with Crippen LogP contribution in [0.2, 0.25) is 5.28 Å². The van der Waals surface area contributed by atoms with Crippen LogP contribution in [0.1, 0.15) is 27.2 Å². The molecule has 9 heteroatoms. The minimum atomic E-state index is -0.828. The number of halogens is 3. The van der Waals surface area contributed by atoms with E-state index in [-0.39, 0.29) is 21.9 Å². The van der Waals surface area contributed by atoms with Crippen molar-refractivity contribution in [1.82, 2.24) is 9.97 Å². The Morgan fingerprint density at radius 1 is 1.29 bits per heavy atom. The first-order valence-electron chi connectivity index (χ1n) is 9.02. The summed E-state index contributed by atoms with van der Waals surface area (Å²) in [7, 11) is 1.31. The van der Waals surface area contributed by atoms with E-state index in [9.17, 15) is 8.78 Å². The van der Waals surface area contributed by atoms with Gasteiger partial charge in [0.1, 0.15) is 11.3 Å². The molecule has 1 aliphatic heterocycles. The zero-order valence-electron chi connectivity index (χ0n) is 16.4. The molecule has 1 aliphatic rings. The Labute approximate surface area is 168 Å². The highest BCUT2D eigenvalue weighted by Crippen LogP contribution is 2.37. The number of benzene rings is 1. The van der Waals surface area contributed by atoms with Crippen molar-refractivity contribution in [1.29, 1.82) is 0 Å². The van der Waals surface area contributed by atoms with Crippen molar-refractivity contribution >= 4 is 34.0 Å². The minimum Gasteiger partial charge on any atom is -0.493 e. The lowest BCUT2D eigenvalue weighted by atomic mass is 10.1. The number of aromatic nitrogens is 2. The molecule has 0 radical (unpaired) electrons. The van der Waals surface area contributed by atoms with Crippen LogP contribution in [0, 0.1) is 11.6 Å². The van der Waals surface area contributed by atoms with Gasteiger partial charge in [-0.15, -0.1) is 0 Å². The van der Waals surface area contributed by atoms with Crippen LogP contribution in [-0.4, -0.2) is 42.4 Å². The van der Waals surface area contributed by atoms with E-state index in [0.29, 0.717) is 31.1 Å². The van der Waals surface area contributed by atoms with Crippen molar-refractivity contribution in [2.75, 3.05) is 31.6 Å². The average molecular weight is 412 g/mol. The number of aliphatic imine (C=N–C) groups is 1. The Morgan fingerprint density at radius 3 is 2.64 bits per heavy atom. The highest BCUT2D eigenvalue weighted by Gasteiger charge is 2.24. The molecule has 2 N–H and O–H groups in total. The number of hydrogen-bond acceptors (Lipinski definition) is 6. The van der Waals surface area contributed by atoms with Gasteiger partial charge < -0.3 is 15.4 Å². The molecule has 2 aromatic rings. The van der Waals surface area contributed by atoms with Crippen LogP contribution in [0.5, 0.6) is 5.75 Å². The van der Waals surface area contributed by atoms with Crippen molar-refractivity contribution in [3.63, 3.8) is 0 Å². The zero-order valence-corrected chi connectivity index (χ0v) is 17.1. The molecule has 1 aromatic carbocycles. The van der Waals surface area contributed by atoms with E-state index in [1.54, 1.807) is 13.0 Å². The van der Waals surface area contributed by atoms with Gasteiger partial charge in [0.2, 0.25) is 5.28 Å². The quantitative estimate of drug-likeness (QED) is 0.769. The van der Waals surface area contributed by atoms with Crippen molar-refractivity contribution in [2.45, 2.75) is 27.2 Å². The summed E-state index contributed by atoms with van der Waals surface area (Å²) in [5.41, 5.74) is 7.03. The molecule has 0 aliphatic carbocycles. The van der Waals surface area contributed by atoms with Gasteiger partial charge in [0.25, 0.3) is 0 Å². The van der Waals surface area contributed by atoms with E-state index in [4.69, 9.17) is 22.1 Å². The molecule has 0 unspecified atom stereocenters. The van der Waals surface area contributed by atoms with Gasteiger partial charge in [-0.2, -0.15) is 4.98 Å². The van der Waals surface area contributed by atoms with Crippen molar-refractivity contribution < 1.29 is 13.5 Å². The molecule has 0 amide bonds. The van der Waals surface area contributed by atoms with E-state index < -0.39 is 11.6 Å². The molecule has 6 nitrogen and oxygen atoms in total. The first-order valence-corrected chi connectivity index (χ1v) is 9.39. The largest absolute Gasteiger partial charge is 0.493 e. The van der Waals surface area contributed by atoms with E-state index in [2.05, 4.69) is 15.0 Å². The number of hydrogen-bond donors (Lipinski definition) is 1. The van der Waals surface area contributed by atoms with Gasteiger partial charge in [-0.3, -0.25) is 4.99 Å². The molecule has 0 fully saturated rings. The molecule has 28 heavy (non-hydrogen) atoms. The second-order valence-electron chi connectivity index (χ2n) is 5.95. The second-order valence-corrected chi connectivity index (χ2v) is 6.29. The number of ether oxygens (including phenoxy) is 1. The van der Waals surface area contributed by atoms with Crippen LogP contribution < -0.4 is 15.4 Å². The molecule has 0 bridgehead atoms. The lowest BCUT2D eigenvalue weighted by molar-refractivity contribution is 0.390. The van der Waals surface area contributed by atoms with E-state index in [0.717, 1.165) is 18.2 Å². The van der Waals surface area contributed by atoms with E-state index >= 15 is 0 Å². The maximum Gasteiger partial charge on any atom is 0.225 e. The van der Waals surface area contributed by atoms with Crippen molar-refractivity contribution in [3.05, 3.63) is 34.8 Å². The molecule has 152 valence electrons. The summed E-state index contributed by atoms with van der Waals surface area (Å²) in [6.45, 7) is 7.33. The highest BCUT2D eigenvalue weighted by molar-refractivity contribution is 6.29. The topological polar surface area (TPSA) is 76.6 Å². The second kappa shape index (κ2) is 9.64. The fraction of sp³-hybridized carbons (Fsp3) is 0.421. The van der Waals surface area contributed by atoms with Crippen LogP contribution in [0.25, 0.3) is 10.9 Å². The Morgan fingerprint density at radius 2 is 2.00 bits per heavy atom. The molecule has 2 heterocycles. The number of nitrogens with two attached hydrogens (primary N) is 1. The van der Waals surface area contributed by atoms with Crippen LogP contribution in [-0.2, 0) is 0 Å². The Bertz CT molecular complexity index is 913. The first-order chi connectivity index (χ1) is 13.4. The lowest BCUT2D eigenvalue weighted by Crippen LogP contribution is -2.30. The number of anilines is 1. The number of rotatable bonds is 3. The summed E-state index contributed by atoms with van der Waals surface area (Å²) in [5.74, 6) is -1.48. The summed E-state index contributed by atoms with van der Waals surface area (Å²) in [4.78, 5) is 14.5. The van der Waals surface area contributed by atoms with Gasteiger partial charge in [-0.1, -0.05) is 13.8 Å². The van der Waals surface area contributed by atoms with Gasteiger partial charge in [0.05, 0.1) is 24.8 Å². The third-order valence-electron chi connectivity index (χ3n) is 3.94. The predicted octanol–water partition coefficient (Wildman–Crippen LogP) is 4.11. The van der Waals surface area contributed by atoms with E-state index in [1.165, 1.54) is 7.11 Å². The fourth-order valence-corrected chi connectivity index (χ4v) is 3.11. The standard InChI is InChI=1S/C17H18ClF2N5O.C2H6/c1-9(21)6-10-8-25(5-3-4-22-10)16-13-14(23-17(18)24-16)11(19)7-12(20)15(13)26-2;1-2/h6-7H,3-5,8,21H2,1-2H3;1-2H3/b9-6-;. The number of fused-ring (bicyclic) bond motifs is 1. The highest BCUT2D eigenvalue weighted by atomic mass is 35.5. The van der Waals surface area contributed by atoms with Crippen LogP contribution in [0.4, 0.5) is 14.6 Å². The molecular formula is C19H24ClF2N5O. The van der Waals surface area contributed by atoms with Crippen LogP contribution in [0.3, 0.4) is 0 Å². The normalized spacial score (nSPS) is 14.9. The van der Waals surface area contributed by atoms with Crippen LogP contribution >= 0.6 is 11.6 Å². The number of allylic oxidation sites excluding steroid dienone is 1. The molecule has 0 saturated heterocycles. The average Bonchev–Trinajstić information content (AvgIpc) is 2.88. The van der Waals surface area contributed by atoms with Crippen molar-refractivity contribution in [3.8, 4) is 5.75 Å². The maximum atomic E-state index is 14.3. The molecule has 1 aromatic heterocycles. The summed E-state index contributed by atoms with van der Waals surface area (Å²) in [6, 6.07) is 0.726. The van der Waals surface area contributed by atoms with Gasteiger partial charge in [0.15, 0.2) is 17.4 Å². The third kappa shape index (κ3) is 4.67. The lowest BCUT2D eigenvalue weighted by Gasteiger charge is -2.24. The third-order valence-corrected chi connectivity index (χ3v) is 4.11. The Kier molecular flexibility index (Phi) is 7.51. The number of nitrogens with zero attached hydrogens (tertiary/aromatic N) is 4. The van der Waals surface area contributed by atoms with Gasteiger partial charge in [-0.25, -0.2) is 13.8 Å². The summed E-state index contributed by atoms with van der Waals surface area (Å²) < 4.78 is 33.7. The molecular weight excluding hydrogens is 388 g/mol. The Balaban J connectivity index is 0.00000136. The monoisotopic (exact) mass is 411 g/mol. The molecule has 0 atom stereocenters. The maximum absolute atomic E-state index is 14.3. The van der Waals surface area contributed by atoms with E-state index in [1.807, 2.05) is 18.7 Å². The molecule has 0 saturated carbocycles. The summed E-state index contributed by atoms with van der Waals surface area (Å²) in [6.07, 6.45) is 2.51. The predicted molar refractivity (Wildman–Crippen MR) is 109 cm³/mol. The van der Waals surface area contributed by atoms with Crippen LogP contribution in [0.15, 0.2) is 22.8 Å². The van der Waals surface area contributed by atoms with Gasteiger partial charge in [0, 0.05) is 24.9 Å². The van der Waals surface area contributed by atoms with Crippen molar-refractivity contribution in [2.24, 2.45) is 10.7 Å². The van der Waals surface area contributed by atoms with Gasteiger partial charge >= 0.3 is 0 Å². The Hall–Kier alpha value is -2.48. The fourth-order valence-electron chi connectivity index (χ4n) is 2.94. The minimum absolute atomic E-state index is 0.0912. The summed E-state index contributed by atoms with van der Waals surface area (Å²) >= 11 is 6.00. The molecule has 3 rings (SSSR count). The first kappa shape index (κ1) is 21.8. The smallest absolute Gasteiger partial charge is 0.225 e. The van der Waals surface area contributed by atoms with Gasteiger partial charge in [-0.05, 0) is 31.0 Å². The summed E-state index contributed by atoms with van der Waals surface area (Å²) in [5, 5.41) is 0.0115. The number of methoxy groups -OCH3 is 1. The molecule has 0 spiro atoms. The zero-order chi connectivity index (χ0) is 20.8.